The molecule has 2 aliphatic rings. The minimum Gasteiger partial charge on any atom is -0.506 e. The van der Waals surface area contributed by atoms with E-state index < -0.39 is 0 Å². The van der Waals surface area contributed by atoms with E-state index in [1.165, 1.54) is 38.9 Å². The van der Waals surface area contributed by atoms with Crippen molar-refractivity contribution < 1.29 is 5.11 Å². The highest BCUT2D eigenvalue weighted by atomic mass is 127. The number of aliphatic imine (C=N–C) groups is 1. The second-order valence-corrected chi connectivity index (χ2v) is 8.45. The monoisotopic (exact) mass is 529 g/mol. The zero-order valence-corrected chi connectivity index (χ0v) is 21.1. The van der Waals surface area contributed by atoms with Crippen molar-refractivity contribution in [3.8, 4) is 5.75 Å². The summed E-state index contributed by atoms with van der Waals surface area (Å²) < 4.78 is 0. The van der Waals surface area contributed by atoms with Gasteiger partial charge in [-0.1, -0.05) is 19.1 Å². The number of phenolic OH excluding ortho intramolecular Hbond substituents is 1. The molecule has 2 fully saturated rings. The summed E-state index contributed by atoms with van der Waals surface area (Å²) in [6.45, 7) is 13.7. The first-order valence-electron chi connectivity index (χ1n) is 11.5. The number of hydrogen-bond donors (Lipinski definition) is 2. The van der Waals surface area contributed by atoms with Crippen molar-refractivity contribution in [3.63, 3.8) is 0 Å². The van der Waals surface area contributed by atoms with Gasteiger partial charge < -0.3 is 25.1 Å². The lowest BCUT2D eigenvalue weighted by atomic mass is 10.0. The zero-order chi connectivity index (χ0) is 20.5. The Hall–Kier alpha value is -1.22. The van der Waals surface area contributed by atoms with E-state index in [-0.39, 0.29) is 24.0 Å². The van der Waals surface area contributed by atoms with Gasteiger partial charge in [0.15, 0.2) is 5.96 Å². The number of aromatic hydroxyl groups is 1. The van der Waals surface area contributed by atoms with Gasteiger partial charge in [-0.05, 0) is 63.7 Å². The summed E-state index contributed by atoms with van der Waals surface area (Å²) in [6.07, 6.45) is 5.13. The number of anilines is 1. The number of hydrogen-bond acceptors (Lipinski definition) is 4. The molecule has 2 heterocycles. The quantitative estimate of drug-likeness (QED) is 0.245. The number of guanidine groups is 1. The Balaban J connectivity index is 0.00000320. The molecular weight excluding hydrogens is 489 g/mol. The van der Waals surface area contributed by atoms with Gasteiger partial charge in [0, 0.05) is 45.8 Å². The number of piperidine rings is 1. The van der Waals surface area contributed by atoms with Crippen LogP contribution in [0.1, 0.15) is 39.5 Å². The van der Waals surface area contributed by atoms with Gasteiger partial charge >= 0.3 is 0 Å². The normalized spacial score (nSPS) is 20.7. The smallest absolute Gasteiger partial charge is 0.194 e. The molecule has 7 heteroatoms. The molecule has 0 bridgehead atoms. The van der Waals surface area contributed by atoms with Gasteiger partial charge in [-0.25, -0.2) is 0 Å². The highest BCUT2D eigenvalue weighted by Gasteiger charge is 2.21. The molecule has 1 aromatic carbocycles. The van der Waals surface area contributed by atoms with Crippen molar-refractivity contribution in [2.45, 2.75) is 39.5 Å². The summed E-state index contributed by atoms with van der Waals surface area (Å²) in [5.74, 6) is 2.26. The Morgan fingerprint density at radius 3 is 2.60 bits per heavy atom. The maximum Gasteiger partial charge on any atom is 0.194 e. The molecule has 1 atom stereocenters. The summed E-state index contributed by atoms with van der Waals surface area (Å²) in [6, 6.07) is 7.61. The Bertz CT molecular complexity index is 648. The van der Waals surface area contributed by atoms with Gasteiger partial charge in [-0.3, -0.25) is 4.99 Å². The number of phenols is 1. The molecule has 2 aliphatic heterocycles. The maximum atomic E-state index is 10.1. The van der Waals surface area contributed by atoms with Crippen molar-refractivity contribution in [2.75, 3.05) is 63.8 Å². The molecular formula is C23H40IN5O. The van der Waals surface area contributed by atoms with E-state index in [1.807, 2.05) is 18.2 Å². The summed E-state index contributed by atoms with van der Waals surface area (Å²) in [5, 5.41) is 13.6. The molecule has 0 spiro atoms. The highest BCUT2D eigenvalue weighted by molar-refractivity contribution is 14.0. The van der Waals surface area contributed by atoms with Crippen molar-refractivity contribution in [3.05, 3.63) is 24.3 Å². The van der Waals surface area contributed by atoms with Crippen molar-refractivity contribution in [2.24, 2.45) is 10.9 Å². The van der Waals surface area contributed by atoms with Crippen LogP contribution in [0.4, 0.5) is 5.69 Å². The lowest BCUT2D eigenvalue weighted by Crippen LogP contribution is -2.52. The first-order chi connectivity index (χ1) is 14.2. The van der Waals surface area contributed by atoms with E-state index in [9.17, 15) is 5.11 Å². The van der Waals surface area contributed by atoms with Crippen molar-refractivity contribution in [1.82, 2.24) is 15.1 Å². The second kappa shape index (κ2) is 13.2. The van der Waals surface area contributed by atoms with Crippen LogP contribution in [0.5, 0.6) is 5.75 Å². The van der Waals surface area contributed by atoms with Crippen LogP contribution in [0.2, 0.25) is 0 Å². The molecule has 0 aliphatic carbocycles. The van der Waals surface area contributed by atoms with Crippen LogP contribution < -0.4 is 10.2 Å². The molecule has 1 aromatic rings. The lowest BCUT2D eigenvalue weighted by molar-refractivity contribution is 0.181. The fourth-order valence-corrected chi connectivity index (χ4v) is 4.44. The number of nitrogens with one attached hydrogen (secondary N) is 1. The van der Waals surface area contributed by atoms with Crippen LogP contribution in [0.15, 0.2) is 29.3 Å². The zero-order valence-electron chi connectivity index (χ0n) is 18.7. The number of rotatable bonds is 7. The van der Waals surface area contributed by atoms with Crippen LogP contribution in [0.25, 0.3) is 0 Å². The number of benzene rings is 1. The van der Waals surface area contributed by atoms with Crippen LogP contribution in [-0.2, 0) is 0 Å². The van der Waals surface area contributed by atoms with Crippen LogP contribution in [0.3, 0.4) is 0 Å². The minimum atomic E-state index is 0. The van der Waals surface area contributed by atoms with Gasteiger partial charge in [0.05, 0.1) is 5.69 Å². The summed E-state index contributed by atoms with van der Waals surface area (Å²) >= 11 is 0. The molecule has 2 saturated heterocycles. The Labute approximate surface area is 199 Å². The Morgan fingerprint density at radius 2 is 1.90 bits per heavy atom. The number of piperazine rings is 1. The third-order valence-electron chi connectivity index (χ3n) is 6.02. The molecule has 0 radical (unpaired) electrons. The Kier molecular flexibility index (Phi) is 11.1. The fourth-order valence-electron chi connectivity index (χ4n) is 4.44. The molecule has 6 nitrogen and oxygen atoms in total. The van der Waals surface area contributed by atoms with E-state index in [4.69, 9.17) is 4.99 Å². The molecule has 0 saturated carbocycles. The number of halogens is 1. The standard InChI is InChI=1S/C23H39N5O.HI/c1-3-24-23(25-12-6-7-13-26-14-8-9-20(2)19-26)28-17-15-27(16-18-28)21-10-4-5-11-22(21)29;/h4-5,10-11,20,29H,3,6-9,12-19H2,1-2H3,(H,24,25);1H. The molecule has 0 aromatic heterocycles. The average Bonchev–Trinajstić information content (AvgIpc) is 2.73. The molecule has 30 heavy (non-hydrogen) atoms. The summed E-state index contributed by atoms with van der Waals surface area (Å²) in [5.41, 5.74) is 0.932. The predicted octanol–water partition coefficient (Wildman–Crippen LogP) is 3.61. The van der Waals surface area contributed by atoms with E-state index >= 15 is 0 Å². The first-order valence-corrected chi connectivity index (χ1v) is 11.5. The second-order valence-electron chi connectivity index (χ2n) is 8.45. The Morgan fingerprint density at radius 1 is 1.13 bits per heavy atom. The maximum absolute atomic E-state index is 10.1. The number of likely N-dealkylation sites (tertiary alicyclic amines) is 1. The number of para-hydroxylation sites is 2. The molecule has 3 rings (SSSR count). The number of nitrogens with zero attached hydrogens (tertiary/aromatic N) is 4. The largest absolute Gasteiger partial charge is 0.506 e. The number of unbranched alkanes of at least 4 members (excludes halogenated alkanes) is 1. The third-order valence-corrected chi connectivity index (χ3v) is 6.02. The predicted molar refractivity (Wildman–Crippen MR) is 137 cm³/mol. The SMILES string of the molecule is CCNC(=NCCCCN1CCCC(C)C1)N1CCN(c2ccccc2O)CC1.I. The average molecular weight is 530 g/mol. The van der Waals surface area contributed by atoms with Gasteiger partial charge in [0.1, 0.15) is 5.75 Å². The third kappa shape index (κ3) is 7.48. The molecule has 170 valence electrons. The lowest BCUT2D eigenvalue weighted by Gasteiger charge is -2.37. The van der Waals surface area contributed by atoms with Crippen LogP contribution in [-0.4, -0.2) is 79.8 Å². The highest BCUT2D eigenvalue weighted by Crippen LogP contribution is 2.27. The molecule has 0 amide bonds. The van der Waals surface area contributed by atoms with E-state index in [0.717, 1.165) is 63.3 Å². The summed E-state index contributed by atoms with van der Waals surface area (Å²) in [4.78, 5) is 12.1. The van der Waals surface area contributed by atoms with Gasteiger partial charge in [-0.15, -0.1) is 24.0 Å². The van der Waals surface area contributed by atoms with Crippen molar-refractivity contribution in [1.29, 1.82) is 0 Å². The van der Waals surface area contributed by atoms with E-state index in [1.54, 1.807) is 6.07 Å². The summed E-state index contributed by atoms with van der Waals surface area (Å²) in [7, 11) is 0. The van der Waals surface area contributed by atoms with E-state index in [2.05, 4.69) is 33.9 Å². The minimum absolute atomic E-state index is 0. The first kappa shape index (κ1) is 25.0. The van der Waals surface area contributed by atoms with Gasteiger partial charge in [0.2, 0.25) is 0 Å². The fraction of sp³-hybridized carbons (Fsp3) is 0.696. The van der Waals surface area contributed by atoms with Gasteiger partial charge in [-0.2, -0.15) is 0 Å². The molecule has 2 N–H and O–H groups in total. The van der Waals surface area contributed by atoms with Gasteiger partial charge in [0.25, 0.3) is 0 Å². The van der Waals surface area contributed by atoms with Crippen molar-refractivity contribution >= 4 is 35.6 Å². The van der Waals surface area contributed by atoms with E-state index in [0.29, 0.717) is 5.75 Å². The topological polar surface area (TPSA) is 54.3 Å². The molecule has 1 unspecified atom stereocenters. The van der Waals surface area contributed by atoms with Crippen LogP contribution in [0, 0.1) is 5.92 Å². The van der Waals surface area contributed by atoms with Crippen LogP contribution >= 0.6 is 24.0 Å².